The molecule has 0 bridgehead atoms. The summed E-state index contributed by atoms with van der Waals surface area (Å²) in [6.45, 7) is 1.68. The molecule has 1 aromatic carbocycles. The van der Waals surface area contributed by atoms with Crippen LogP contribution in [0.4, 0.5) is 11.5 Å². The van der Waals surface area contributed by atoms with Crippen molar-refractivity contribution in [3.63, 3.8) is 0 Å². The van der Waals surface area contributed by atoms with E-state index in [4.69, 9.17) is 5.73 Å². The molecule has 3 N–H and O–H groups in total. The highest BCUT2D eigenvalue weighted by Gasteiger charge is 2.25. The van der Waals surface area contributed by atoms with Crippen molar-refractivity contribution >= 4 is 21.5 Å². The number of rotatable bonds is 3. The highest BCUT2D eigenvalue weighted by Crippen LogP contribution is 2.28. The van der Waals surface area contributed by atoms with Crippen molar-refractivity contribution in [2.75, 3.05) is 10.5 Å². The first-order valence-corrected chi connectivity index (χ1v) is 8.30. The first-order valence-electron chi connectivity index (χ1n) is 6.82. The van der Waals surface area contributed by atoms with E-state index >= 15 is 0 Å². The smallest absolute Gasteiger partial charge is 0.267 e. The Labute approximate surface area is 124 Å². The number of aryl methyl sites for hydroxylation is 3. The van der Waals surface area contributed by atoms with Gasteiger partial charge in [-0.3, -0.25) is 9.40 Å². The fourth-order valence-corrected chi connectivity index (χ4v) is 4.16. The number of hydrogen-bond acceptors (Lipinski definition) is 4. The van der Waals surface area contributed by atoms with Gasteiger partial charge in [-0.25, -0.2) is 8.42 Å². The van der Waals surface area contributed by atoms with Crippen LogP contribution in [0.25, 0.3) is 0 Å². The number of nitrogens with two attached hydrogens (primary N) is 1. The van der Waals surface area contributed by atoms with E-state index in [-0.39, 0.29) is 10.7 Å². The highest BCUT2D eigenvalue weighted by molar-refractivity contribution is 7.93. The molecule has 0 spiro atoms. The Morgan fingerprint density at radius 2 is 2.00 bits per heavy atom. The van der Waals surface area contributed by atoms with Crippen LogP contribution in [0.1, 0.15) is 23.2 Å². The number of nitrogens with one attached hydrogen (secondary N) is 1. The third-order valence-corrected chi connectivity index (χ3v) is 5.47. The number of hydrogen-bond donors (Lipinski definition) is 2. The Bertz CT molecular complexity index is 809. The molecule has 7 heteroatoms. The zero-order valence-corrected chi connectivity index (χ0v) is 12.9. The number of benzene rings is 1. The fourth-order valence-electron chi connectivity index (χ4n) is 2.79. The summed E-state index contributed by atoms with van der Waals surface area (Å²) in [5, 5.41) is 3.95. The normalized spacial score (nSPS) is 14.2. The molecule has 6 nitrogen and oxygen atoms in total. The Balaban J connectivity index is 1.96. The number of anilines is 2. The quantitative estimate of drug-likeness (QED) is 0.901. The zero-order valence-electron chi connectivity index (χ0n) is 12.0. The van der Waals surface area contributed by atoms with E-state index in [1.54, 1.807) is 20.0 Å². The predicted molar refractivity (Wildman–Crippen MR) is 81.6 cm³/mol. The summed E-state index contributed by atoms with van der Waals surface area (Å²) in [6, 6.07) is 5.69. The van der Waals surface area contributed by atoms with Crippen LogP contribution in [0.2, 0.25) is 0 Å². The Hall–Kier alpha value is -2.02. The number of nitrogen functional groups attached to an aromatic ring is 1. The SMILES string of the molecule is Cc1c(S(=O)(=O)Nc2ccc3c(c2)CCC3)c(N)nn1C. The summed E-state index contributed by atoms with van der Waals surface area (Å²) in [7, 11) is -2.06. The minimum absolute atomic E-state index is 0.0173. The summed E-state index contributed by atoms with van der Waals surface area (Å²) in [5.41, 5.74) is 9.32. The molecule has 1 aliphatic carbocycles. The average molecular weight is 306 g/mol. The van der Waals surface area contributed by atoms with Gasteiger partial charge in [0, 0.05) is 12.7 Å². The van der Waals surface area contributed by atoms with E-state index in [0.29, 0.717) is 11.4 Å². The molecule has 0 fully saturated rings. The maximum Gasteiger partial charge on any atom is 0.267 e. The van der Waals surface area contributed by atoms with Crippen LogP contribution >= 0.6 is 0 Å². The third kappa shape index (κ3) is 2.37. The largest absolute Gasteiger partial charge is 0.381 e. The summed E-state index contributed by atoms with van der Waals surface area (Å²) in [6.07, 6.45) is 3.19. The van der Waals surface area contributed by atoms with Gasteiger partial charge in [0.15, 0.2) is 10.7 Å². The van der Waals surface area contributed by atoms with Crippen molar-refractivity contribution < 1.29 is 8.42 Å². The van der Waals surface area contributed by atoms with Gasteiger partial charge in [-0.15, -0.1) is 0 Å². The number of fused-ring (bicyclic) bond motifs is 1. The second-order valence-electron chi connectivity index (χ2n) is 5.37. The van der Waals surface area contributed by atoms with Crippen LogP contribution in [-0.2, 0) is 29.9 Å². The Kier molecular flexibility index (Phi) is 3.16. The molecule has 1 aromatic heterocycles. The Morgan fingerprint density at radius 1 is 1.29 bits per heavy atom. The van der Waals surface area contributed by atoms with Crippen molar-refractivity contribution in [3.8, 4) is 0 Å². The fraction of sp³-hybridized carbons (Fsp3) is 0.357. The van der Waals surface area contributed by atoms with E-state index in [2.05, 4.69) is 9.82 Å². The van der Waals surface area contributed by atoms with Crippen LogP contribution in [0, 0.1) is 6.92 Å². The van der Waals surface area contributed by atoms with Crippen molar-refractivity contribution in [3.05, 3.63) is 35.0 Å². The summed E-state index contributed by atoms with van der Waals surface area (Å²) in [5.74, 6) is 0.0173. The number of sulfonamides is 1. The van der Waals surface area contributed by atoms with Gasteiger partial charge < -0.3 is 5.73 Å². The molecule has 0 saturated carbocycles. The van der Waals surface area contributed by atoms with E-state index in [9.17, 15) is 8.42 Å². The first-order chi connectivity index (χ1) is 9.88. The van der Waals surface area contributed by atoms with E-state index in [1.807, 2.05) is 12.1 Å². The van der Waals surface area contributed by atoms with Gasteiger partial charge in [-0.2, -0.15) is 5.10 Å². The van der Waals surface area contributed by atoms with Crippen molar-refractivity contribution in [2.24, 2.45) is 7.05 Å². The molecular formula is C14H18N4O2S. The maximum atomic E-state index is 12.5. The molecule has 0 radical (unpaired) electrons. The second-order valence-corrected chi connectivity index (χ2v) is 6.99. The first kappa shape index (κ1) is 13.9. The van der Waals surface area contributed by atoms with E-state index in [0.717, 1.165) is 19.3 Å². The molecule has 1 aliphatic rings. The molecule has 3 rings (SSSR count). The number of nitrogens with zero attached hydrogens (tertiary/aromatic N) is 2. The van der Waals surface area contributed by atoms with Crippen LogP contribution in [-0.4, -0.2) is 18.2 Å². The predicted octanol–water partition coefficient (Wildman–Crippen LogP) is 1.60. The monoisotopic (exact) mass is 306 g/mol. The zero-order chi connectivity index (χ0) is 15.2. The minimum Gasteiger partial charge on any atom is -0.381 e. The molecule has 21 heavy (non-hydrogen) atoms. The van der Waals surface area contributed by atoms with Crippen molar-refractivity contribution in [1.29, 1.82) is 0 Å². The lowest BCUT2D eigenvalue weighted by molar-refractivity contribution is 0.600. The van der Waals surface area contributed by atoms with Crippen molar-refractivity contribution in [2.45, 2.75) is 31.1 Å². The van der Waals surface area contributed by atoms with Gasteiger partial charge in [0.25, 0.3) is 10.0 Å². The molecule has 0 saturated heterocycles. The molecule has 0 amide bonds. The van der Waals surface area contributed by atoms with Gasteiger partial charge in [-0.1, -0.05) is 6.07 Å². The van der Waals surface area contributed by atoms with Gasteiger partial charge in [0.1, 0.15) is 0 Å². The third-order valence-electron chi connectivity index (χ3n) is 3.92. The lowest BCUT2D eigenvalue weighted by Gasteiger charge is -2.10. The molecule has 112 valence electrons. The van der Waals surface area contributed by atoms with Gasteiger partial charge in [0.2, 0.25) is 0 Å². The lowest BCUT2D eigenvalue weighted by atomic mass is 10.1. The molecule has 0 aliphatic heterocycles. The van der Waals surface area contributed by atoms with Crippen LogP contribution in [0.5, 0.6) is 0 Å². The molecule has 0 atom stereocenters. The van der Waals surface area contributed by atoms with Crippen LogP contribution < -0.4 is 10.5 Å². The lowest BCUT2D eigenvalue weighted by Crippen LogP contribution is -2.15. The highest BCUT2D eigenvalue weighted by atomic mass is 32.2. The maximum absolute atomic E-state index is 12.5. The van der Waals surface area contributed by atoms with Gasteiger partial charge in [-0.05, 0) is 49.4 Å². The molecule has 1 heterocycles. The molecular weight excluding hydrogens is 288 g/mol. The number of aromatic nitrogens is 2. The van der Waals surface area contributed by atoms with E-state index < -0.39 is 10.0 Å². The standard InChI is InChI=1S/C14H18N4O2S/c1-9-13(14(15)16-18(9)2)21(19,20)17-12-7-6-10-4-3-5-11(10)8-12/h6-8,17H,3-5H2,1-2H3,(H2,15,16). The summed E-state index contributed by atoms with van der Waals surface area (Å²) >= 11 is 0. The molecule has 2 aromatic rings. The summed E-state index contributed by atoms with van der Waals surface area (Å²) in [4.78, 5) is 0.0468. The minimum atomic E-state index is -3.73. The van der Waals surface area contributed by atoms with E-state index in [1.165, 1.54) is 15.8 Å². The Morgan fingerprint density at radius 3 is 2.67 bits per heavy atom. The topological polar surface area (TPSA) is 90.0 Å². The average Bonchev–Trinajstić information content (AvgIpc) is 2.94. The van der Waals surface area contributed by atoms with Gasteiger partial charge >= 0.3 is 0 Å². The van der Waals surface area contributed by atoms with Crippen LogP contribution in [0.3, 0.4) is 0 Å². The summed E-state index contributed by atoms with van der Waals surface area (Å²) < 4.78 is 29.1. The van der Waals surface area contributed by atoms with Crippen LogP contribution in [0.15, 0.2) is 23.1 Å². The van der Waals surface area contributed by atoms with Gasteiger partial charge in [0.05, 0.1) is 5.69 Å². The van der Waals surface area contributed by atoms with Crippen molar-refractivity contribution in [1.82, 2.24) is 9.78 Å². The molecule has 0 unspecified atom stereocenters. The second kappa shape index (κ2) is 4.77.